The molecule has 0 spiro atoms. The van der Waals surface area contributed by atoms with Crippen LogP contribution in [0.5, 0.6) is 0 Å². The van der Waals surface area contributed by atoms with Gasteiger partial charge in [0.25, 0.3) is 11.1 Å². The van der Waals surface area contributed by atoms with Crippen LogP contribution >= 0.6 is 11.6 Å². The molecule has 0 radical (unpaired) electrons. The maximum absolute atomic E-state index is 13.7. The molecule has 4 aromatic heterocycles. The minimum Gasteiger partial charge on any atom is -0.306 e. The molecule has 0 saturated heterocycles. The Morgan fingerprint density at radius 2 is 1.70 bits per heavy atom. The standard InChI is InChI=1S/C25H20ClN5O2/c1-17-24-20(14-23(32)29(17)16-19-10-7-11-21(26)28-19)30(15-18-8-3-2-4-9-18)31(25(24)33)22-12-5-6-13-27-22/h2-14H,15-16H2,1H3. The highest BCUT2D eigenvalue weighted by molar-refractivity contribution is 6.29. The lowest BCUT2D eigenvalue weighted by molar-refractivity contribution is 0.602. The van der Waals surface area contributed by atoms with Gasteiger partial charge in [-0.3, -0.25) is 14.3 Å². The Bertz CT molecular complexity index is 1570. The molecule has 0 N–H and O–H groups in total. The molecule has 5 rings (SSSR count). The summed E-state index contributed by atoms with van der Waals surface area (Å²) in [4.78, 5) is 35.5. The number of aromatic nitrogens is 5. The van der Waals surface area contributed by atoms with E-state index < -0.39 is 0 Å². The highest BCUT2D eigenvalue weighted by Crippen LogP contribution is 2.19. The van der Waals surface area contributed by atoms with Crippen molar-refractivity contribution >= 4 is 22.5 Å². The van der Waals surface area contributed by atoms with Crippen LogP contribution in [-0.2, 0) is 13.1 Å². The molecule has 0 aliphatic rings. The number of pyridine rings is 3. The van der Waals surface area contributed by atoms with E-state index in [1.165, 1.54) is 10.7 Å². The van der Waals surface area contributed by atoms with Crippen LogP contribution in [0.4, 0.5) is 0 Å². The van der Waals surface area contributed by atoms with Crippen molar-refractivity contribution in [2.45, 2.75) is 20.0 Å². The van der Waals surface area contributed by atoms with E-state index in [9.17, 15) is 9.59 Å². The molecule has 33 heavy (non-hydrogen) atoms. The minimum absolute atomic E-state index is 0.216. The van der Waals surface area contributed by atoms with Gasteiger partial charge in [-0.15, -0.1) is 0 Å². The fraction of sp³-hybridized carbons (Fsp3) is 0.120. The Balaban J connectivity index is 1.76. The van der Waals surface area contributed by atoms with Gasteiger partial charge in [0.05, 0.1) is 29.7 Å². The summed E-state index contributed by atoms with van der Waals surface area (Å²) < 4.78 is 4.90. The first-order valence-electron chi connectivity index (χ1n) is 10.5. The number of hydrogen-bond acceptors (Lipinski definition) is 4. The van der Waals surface area contributed by atoms with Gasteiger partial charge >= 0.3 is 0 Å². The van der Waals surface area contributed by atoms with E-state index in [1.807, 2.05) is 41.1 Å². The van der Waals surface area contributed by atoms with Crippen molar-refractivity contribution in [3.05, 3.63) is 122 Å². The molecule has 0 aliphatic heterocycles. The third kappa shape index (κ3) is 3.87. The largest absolute Gasteiger partial charge is 0.306 e. The number of halogens is 1. The second-order valence-electron chi connectivity index (χ2n) is 7.71. The van der Waals surface area contributed by atoms with Crippen molar-refractivity contribution in [2.75, 3.05) is 0 Å². The van der Waals surface area contributed by atoms with E-state index in [0.717, 1.165) is 5.56 Å². The molecule has 4 heterocycles. The molecular weight excluding hydrogens is 438 g/mol. The molecule has 0 atom stereocenters. The zero-order chi connectivity index (χ0) is 22.9. The number of nitrogens with zero attached hydrogens (tertiary/aromatic N) is 5. The fourth-order valence-corrected chi connectivity index (χ4v) is 4.24. The molecule has 0 saturated carbocycles. The number of hydrogen-bond donors (Lipinski definition) is 0. The van der Waals surface area contributed by atoms with Gasteiger partial charge in [-0.05, 0) is 36.8 Å². The topological polar surface area (TPSA) is 74.7 Å². The zero-order valence-corrected chi connectivity index (χ0v) is 18.6. The van der Waals surface area contributed by atoms with Gasteiger partial charge in [-0.1, -0.05) is 54.1 Å². The van der Waals surface area contributed by atoms with Gasteiger partial charge in [-0.25, -0.2) is 9.97 Å². The maximum atomic E-state index is 13.7. The third-order valence-electron chi connectivity index (χ3n) is 5.61. The summed E-state index contributed by atoms with van der Waals surface area (Å²) in [7, 11) is 0. The lowest BCUT2D eigenvalue weighted by atomic mass is 10.2. The molecule has 0 amide bonds. The molecule has 0 aliphatic carbocycles. The summed E-state index contributed by atoms with van der Waals surface area (Å²) in [6, 6.07) is 22.0. The average molecular weight is 458 g/mol. The van der Waals surface area contributed by atoms with Crippen LogP contribution in [0.1, 0.15) is 17.0 Å². The molecule has 1 aromatic carbocycles. The molecule has 0 unspecified atom stereocenters. The molecule has 0 bridgehead atoms. The van der Waals surface area contributed by atoms with E-state index >= 15 is 0 Å². The SMILES string of the molecule is Cc1c2c(=O)n(-c3ccccn3)n(Cc3ccccc3)c2cc(=O)n1Cc1cccc(Cl)n1. The van der Waals surface area contributed by atoms with Gasteiger partial charge in [0.2, 0.25) is 0 Å². The van der Waals surface area contributed by atoms with Crippen LogP contribution in [0.15, 0.2) is 88.6 Å². The Kier molecular flexibility index (Phi) is 5.40. The zero-order valence-electron chi connectivity index (χ0n) is 17.9. The van der Waals surface area contributed by atoms with Crippen LogP contribution in [0, 0.1) is 6.92 Å². The maximum Gasteiger partial charge on any atom is 0.282 e. The quantitative estimate of drug-likeness (QED) is 0.376. The van der Waals surface area contributed by atoms with Crippen molar-refractivity contribution in [3.8, 4) is 5.82 Å². The Labute approximate surface area is 194 Å². The van der Waals surface area contributed by atoms with E-state index in [0.29, 0.717) is 39.8 Å². The first-order chi connectivity index (χ1) is 16.0. The van der Waals surface area contributed by atoms with E-state index in [2.05, 4.69) is 9.97 Å². The monoisotopic (exact) mass is 457 g/mol. The van der Waals surface area contributed by atoms with E-state index in [1.54, 1.807) is 48.0 Å². The summed E-state index contributed by atoms with van der Waals surface area (Å²) >= 11 is 6.02. The van der Waals surface area contributed by atoms with E-state index in [4.69, 9.17) is 11.6 Å². The number of rotatable bonds is 5. The van der Waals surface area contributed by atoms with Crippen LogP contribution < -0.4 is 11.1 Å². The highest BCUT2D eigenvalue weighted by Gasteiger charge is 2.20. The van der Waals surface area contributed by atoms with Crippen molar-refractivity contribution < 1.29 is 0 Å². The minimum atomic E-state index is -0.232. The lowest BCUT2D eigenvalue weighted by Crippen LogP contribution is -2.24. The second kappa shape index (κ2) is 8.52. The van der Waals surface area contributed by atoms with Crippen molar-refractivity contribution in [1.82, 2.24) is 23.9 Å². The van der Waals surface area contributed by atoms with Crippen LogP contribution in [0.3, 0.4) is 0 Å². The first kappa shape index (κ1) is 20.9. The Hall–Kier alpha value is -3.97. The summed E-state index contributed by atoms with van der Waals surface area (Å²) in [5.41, 5.74) is 2.32. The van der Waals surface area contributed by atoms with Crippen LogP contribution in [-0.4, -0.2) is 23.9 Å². The van der Waals surface area contributed by atoms with Gasteiger partial charge < -0.3 is 4.57 Å². The molecule has 164 valence electrons. The number of benzene rings is 1. The van der Waals surface area contributed by atoms with Gasteiger partial charge in [0.1, 0.15) is 5.15 Å². The number of aryl methyl sites for hydroxylation is 1. The molecule has 7 nitrogen and oxygen atoms in total. The lowest BCUT2D eigenvalue weighted by Gasteiger charge is -2.13. The summed E-state index contributed by atoms with van der Waals surface area (Å²) in [6.07, 6.45) is 1.64. The predicted octanol–water partition coefficient (Wildman–Crippen LogP) is 3.80. The van der Waals surface area contributed by atoms with Crippen LogP contribution in [0.25, 0.3) is 16.7 Å². The van der Waals surface area contributed by atoms with Crippen molar-refractivity contribution in [3.63, 3.8) is 0 Å². The summed E-state index contributed by atoms with van der Waals surface area (Å²) in [6.45, 7) is 2.41. The Morgan fingerprint density at radius 3 is 2.42 bits per heavy atom. The predicted molar refractivity (Wildman–Crippen MR) is 128 cm³/mol. The van der Waals surface area contributed by atoms with Crippen LogP contribution in [0.2, 0.25) is 5.15 Å². The number of fused-ring (bicyclic) bond motifs is 1. The first-order valence-corrected chi connectivity index (χ1v) is 10.8. The molecule has 8 heteroatoms. The third-order valence-corrected chi connectivity index (χ3v) is 5.82. The van der Waals surface area contributed by atoms with Crippen molar-refractivity contribution in [2.24, 2.45) is 0 Å². The van der Waals surface area contributed by atoms with Gasteiger partial charge in [0.15, 0.2) is 5.82 Å². The highest BCUT2D eigenvalue weighted by atomic mass is 35.5. The molecule has 5 aromatic rings. The average Bonchev–Trinajstić information content (AvgIpc) is 3.09. The molecular formula is C25H20ClN5O2. The van der Waals surface area contributed by atoms with E-state index in [-0.39, 0.29) is 17.7 Å². The van der Waals surface area contributed by atoms with Gasteiger partial charge in [-0.2, -0.15) is 4.68 Å². The summed E-state index contributed by atoms with van der Waals surface area (Å²) in [5, 5.41) is 0.823. The van der Waals surface area contributed by atoms with Gasteiger partial charge in [0, 0.05) is 18.0 Å². The Morgan fingerprint density at radius 1 is 0.909 bits per heavy atom. The van der Waals surface area contributed by atoms with Crippen molar-refractivity contribution in [1.29, 1.82) is 0 Å². The molecule has 0 fully saturated rings. The fourth-order valence-electron chi connectivity index (χ4n) is 4.06. The second-order valence-corrected chi connectivity index (χ2v) is 8.10. The summed E-state index contributed by atoms with van der Waals surface area (Å²) in [5.74, 6) is 0.490. The normalized spacial score (nSPS) is 11.2. The smallest absolute Gasteiger partial charge is 0.282 e.